The predicted molar refractivity (Wildman–Crippen MR) is 88.2 cm³/mol. The van der Waals surface area contributed by atoms with E-state index in [1.807, 2.05) is 13.0 Å². The number of allylic oxidation sites excluding steroid dienone is 2. The molecule has 5 nitrogen and oxygen atoms in total. The summed E-state index contributed by atoms with van der Waals surface area (Å²) in [6.45, 7) is 16.1. The minimum Gasteiger partial charge on any atom is -0.403 e. The first-order chi connectivity index (χ1) is 9.95. The summed E-state index contributed by atoms with van der Waals surface area (Å²) in [4.78, 5) is 4.56. The normalized spacial score (nSPS) is 22.6. The predicted octanol–water partition coefficient (Wildman–Crippen LogP) is 1.60. The van der Waals surface area contributed by atoms with Gasteiger partial charge in [-0.25, -0.2) is 0 Å². The molecular formula is C16H30N4O. The lowest BCUT2D eigenvalue weighted by molar-refractivity contribution is 0.0943. The number of rotatable bonds is 3. The average molecular weight is 294 g/mol. The van der Waals surface area contributed by atoms with Gasteiger partial charge in [0, 0.05) is 38.5 Å². The van der Waals surface area contributed by atoms with Crippen molar-refractivity contribution >= 4 is 0 Å². The maximum Gasteiger partial charge on any atom is 0.0966 e. The Morgan fingerprint density at radius 1 is 1.14 bits per heavy atom. The fourth-order valence-electron chi connectivity index (χ4n) is 2.48. The average Bonchev–Trinajstić information content (AvgIpc) is 2.99. The maximum absolute atomic E-state index is 5.91. The van der Waals surface area contributed by atoms with Crippen molar-refractivity contribution < 1.29 is 4.74 Å². The Kier molecular flexibility index (Phi) is 7.15. The van der Waals surface area contributed by atoms with Gasteiger partial charge in [0.1, 0.15) is 0 Å². The van der Waals surface area contributed by atoms with Gasteiger partial charge in [-0.15, -0.1) is 0 Å². The highest BCUT2D eigenvalue weighted by Gasteiger charge is 2.25. The first-order valence-corrected chi connectivity index (χ1v) is 7.58. The molecule has 0 aliphatic carbocycles. The van der Waals surface area contributed by atoms with Gasteiger partial charge in [0.2, 0.25) is 0 Å². The Bertz CT molecular complexity index is 374. The SMILES string of the molecule is C=C(C)N.C=C(C1CCCO1)N1CCN(/C(N)=C/C)CC1. The molecule has 2 aliphatic rings. The van der Waals surface area contributed by atoms with Crippen molar-refractivity contribution in [2.24, 2.45) is 11.5 Å². The number of hydrogen-bond donors (Lipinski definition) is 2. The summed E-state index contributed by atoms with van der Waals surface area (Å²) in [7, 11) is 0. The molecule has 0 radical (unpaired) electrons. The Hall–Kier alpha value is -1.62. The number of nitrogens with zero attached hydrogens (tertiary/aromatic N) is 2. The van der Waals surface area contributed by atoms with Gasteiger partial charge in [-0.3, -0.25) is 0 Å². The van der Waals surface area contributed by atoms with Crippen LogP contribution in [0.1, 0.15) is 26.7 Å². The van der Waals surface area contributed by atoms with Gasteiger partial charge in [-0.2, -0.15) is 0 Å². The molecule has 0 spiro atoms. The van der Waals surface area contributed by atoms with Crippen LogP contribution in [0.15, 0.2) is 36.4 Å². The van der Waals surface area contributed by atoms with Crippen molar-refractivity contribution in [3.63, 3.8) is 0 Å². The third-order valence-electron chi connectivity index (χ3n) is 3.65. The van der Waals surface area contributed by atoms with Crippen LogP contribution in [-0.2, 0) is 4.74 Å². The fourth-order valence-corrected chi connectivity index (χ4v) is 2.48. The topological polar surface area (TPSA) is 67.8 Å². The quantitative estimate of drug-likeness (QED) is 0.827. The molecule has 0 aromatic rings. The Balaban J connectivity index is 0.000000491. The Labute approximate surface area is 128 Å². The first-order valence-electron chi connectivity index (χ1n) is 7.58. The van der Waals surface area contributed by atoms with Gasteiger partial charge in [-0.1, -0.05) is 13.2 Å². The molecule has 2 heterocycles. The highest BCUT2D eigenvalue weighted by Crippen LogP contribution is 2.22. The van der Waals surface area contributed by atoms with Crippen LogP contribution in [0.3, 0.4) is 0 Å². The second-order valence-electron chi connectivity index (χ2n) is 5.53. The molecular weight excluding hydrogens is 264 g/mol. The van der Waals surface area contributed by atoms with Crippen molar-refractivity contribution in [1.82, 2.24) is 9.80 Å². The van der Waals surface area contributed by atoms with Gasteiger partial charge in [0.15, 0.2) is 0 Å². The second kappa shape index (κ2) is 8.62. The molecule has 2 aliphatic heterocycles. The van der Waals surface area contributed by atoms with Crippen LogP contribution in [0.2, 0.25) is 0 Å². The zero-order valence-electron chi connectivity index (χ0n) is 13.5. The van der Waals surface area contributed by atoms with E-state index in [-0.39, 0.29) is 6.10 Å². The van der Waals surface area contributed by atoms with E-state index in [1.54, 1.807) is 6.92 Å². The van der Waals surface area contributed by atoms with Crippen molar-refractivity contribution in [1.29, 1.82) is 0 Å². The van der Waals surface area contributed by atoms with Gasteiger partial charge in [0.25, 0.3) is 0 Å². The van der Waals surface area contributed by atoms with Crippen LogP contribution in [-0.4, -0.2) is 48.7 Å². The molecule has 0 aromatic carbocycles. The van der Waals surface area contributed by atoms with Crippen LogP contribution in [0.25, 0.3) is 0 Å². The monoisotopic (exact) mass is 294 g/mol. The van der Waals surface area contributed by atoms with Crippen molar-refractivity contribution in [3.05, 3.63) is 36.4 Å². The summed E-state index contributed by atoms with van der Waals surface area (Å²) >= 11 is 0. The lowest BCUT2D eigenvalue weighted by Crippen LogP contribution is -2.47. The maximum atomic E-state index is 5.91. The van der Waals surface area contributed by atoms with Gasteiger partial charge >= 0.3 is 0 Å². The summed E-state index contributed by atoms with van der Waals surface area (Å²) in [6, 6.07) is 0. The number of nitrogens with two attached hydrogens (primary N) is 2. The third-order valence-corrected chi connectivity index (χ3v) is 3.65. The van der Waals surface area contributed by atoms with Crippen LogP contribution in [0, 0.1) is 0 Å². The zero-order valence-corrected chi connectivity index (χ0v) is 13.5. The van der Waals surface area contributed by atoms with Crippen molar-refractivity contribution in [2.45, 2.75) is 32.8 Å². The molecule has 1 atom stereocenters. The Morgan fingerprint density at radius 2 is 1.67 bits per heavy atom. The zero-order chi connectivity index (χ0) is 15.8. The first kappa shape index (κ1) is 17.4. The number of hydrogen-bond acceptors (Lipinski definition) is 5. The highest BCUT2D eigenvalue weighted by molar-refractivity contribution is 5.06. The summed E-state index contributed by atoms with van der Waals surface area (Å²) in [5.74, 6) is 0.882. The van der Waals surface area contributed by atoms with E-state index in [0.29, 0.717) is 5.70 Å². The molecule has 21 heavy (non-hydrogen) atoms. The molecule has 1 unspecified atom stereocenters. The molecule has 0 amide bonds. The lowest BCUT2D eigenvalue weighted by atomic mass is 10.1. The van der Waals surface area contributed by atoms with E-state index in [1.165, 1.54) is 0 Å². The molecule has 4 N–H and O–H groups in total. The molecule has 0 saturated carbocycles. The van der Waals surface area contributed by atoms with Crippen molar-refractivity contribution in [3.8, 4) is 0 Å². The van der Waals surface area contributed by atoms with Crippen LogP contribution in [0.4, 0.5) is 0 Å². The molecule has 0 bridgehead atoms. The van der Waals surface area contributed by atoms with E-state index >= 15 is 0 Å². The lowest BCUT2D eigenvalue weighted by Gasteiger charge is -2.39. The third kappa shape index (κ3) is 5.71. The van der Waals surface area contributed by atoms with Gasteiger partial charge in [-0.05, 0) is 38.5 Å². The van der Waals surface area contributed by atoms with E-state index in [4.69, 9.17) is 16.2 Å². The summed E-state index contributed by atoms with van der Waals surface area (Å²) in [5.41, 5.74) is 12.7. The molecule has 120 valence electrons. The summed E-state index contributed by atoms with van der Waals surface area (Å²) < 4.78 is 5.67. The minimum atomic E-state index is 0.251. The molecule has 0 aromatic heterocycles. The van der Waals surface area contributed by atoms with Crippen LogP contribution < -0.4 is 11.5 Å². The van der Waals surface area contributed by atoms with Crippen LogP contribution >= 0.6 is 0 Å². The number of ether oxygens (including phenoxy) is 1. The van der Waals surface area contributed by atoms with Gasteiger partial charge < -0.3 is 26.0 Å². The second-order valence-corrected chi connectivity index (χ2v) is 5.53. The van der Waals surface area contributed by atoms with Crippen molar-refractivity contribution in [2.75, 3.05) is 32.8 Å². The minimum absolute atomic E-state index is 0.251. The summed E-state index contributed by atoms with van der Waals surface area (Å²) in [6.07, 6.45) is 4.50. The van der Waals surface area contributed by atoms with Gasteiger partial charge in [0.05, 0.1) is 11.9 Å². The molecule has 2 saturated heterocycles. The van der Waals surface area contributed by atoms with E-state index in [9.17, 15) is 0 Å². The molecule has 2 fully saturated rings. The Morgan fingerprint density at radius 3 is 2.10 bits per heavy atom. The molecule has 2 rings (SSSR count). The highest BCUT2D eigenvalue weighted by atomic mass is 16.5. The van der Waals surface area contributed by atoms with E-state index in [2.05, 4.69) is 23.0 Å². The largest absolute Gasteiger partial charge is 0.403 e. The van der Waals surface area contributed by atoms with Crippen LogP contribution in [0.5, 0.6) is 0 Å². The van der Waals surface area contributed by atoms with E-state index in [0.717, 1.165) is 57.1 Å². The van der Waals surface area contributed by atoms with E-state index < -0.39 is 0 Å². The molecule has 5 heteroatoms. The smallest absolute Gasteiger partial charge is 0.0966 e. The summed E-state index contributed by atoms with van der Waals surface area (Å²) in [5, 5.41) is 0. The number of piperazine rings is 1. The fraction of sp³-hybridized carbons (Fsp3) is 0.625. The standard InChI is InChI=1S/C13H23N3O.C3H7N/c1-3-13(14)16-8-6-15(7-9-16)11(2)12-5-4-10-17-12;1-3(2)4/h3,12H,2,4-10,14H2,1H3;1,4H2,2H3/b13-3+;.